The predicted molar refractivity (Wildman–Crippen MR) is 65.4 cm³/mol. The number of methoxy groups -OCH3 is 2. The van der Waals surface area contributed by atoms with Crippen molar-refractivity contribution in [3.05, 3.63) is 22.2 Å². The number of rotatable bonds is 6. The molecule has 0 saturated heterocycles. The van der Waals surface area contributed by atoms with Crippen molar-refractivity contribution in [3.63, 3.8) is 0 Å². The standard InChI is InChI=1S/C12H15ClO4/c1-16-11-8(4-3-5-14)6-10(13)9(7-15)12(11)17-2/h6-7,14H,3-5H2,1-2H3. The van der Waals surface area contributed by atoms with Crippen LogP contribution >= 0.6 is 11.6 Å². The molecule has 1 aromatic rings. The van der Waals surface area contributed by atoms with Crippen LogP contribution in [0, 0.1) is 0 Å². The molecule has 0 aliphatic carbocycles. The lowest BCUT2D eigenvalue weighted by Gasteiger charge is -2.15. The number of benzene rings is 1. The SMILES string of the molecule is COc1c(CCCO)cc(Cl)c(C=O)c1OC. The molecule has 5 heteroatoms. The number of hydrogen-bond acceptors (Lipinski definition) is 4. The predicted octanol–water partition coefficient (Wildman–Crippen LogP) is 2.09. The third-order valence-corrected chi connectivity index (χ3v) is 2.74. The maximum atomic E-state index is 10.9. The molecule has 0 saturated carbocycles. The van der Waals surface area contributed by atoms with Gasteiger partial charge in [-0.1, -0.05) is 11.6 Å². The molecule has 94 valence electrons. The van der Waals surface area contributed by atoms with Crippen molar-refractivity contribution >= 4 is 17.9 Å². The van der Waals surface area contributed by atoms with Gasteiger partial charge in [-0.25, -0.2) is 0 Å². The zero-order valence-corrected chi connectivity index (χ0v) is 10.6. The van der Waals surface area contributed by atoms with Crippen LogP contribution in [0.4, 0.5) is 0 Å². The molecule has 0 heterocycles. The van der Waals surface area contributed by atoms with Gasteiger partial charge in [0.25, 0.3) is 0 Å². The van der Waals surface area contributed by atoms with Crippen molar-refractivity contribution in [2.45, 2.75) is 12.8 Å². The molecule has 1 N–H and O–H groups in total. The van der Waals surface area contributed by atoms with Crippen molar-refractivity contribution in [1.82, 2.24) is 0 Å². The smallest absolute Gasteiger partial charge is 0.173 e. The Labute approximate surface area is 105 Å². The Morgan fingerprint density at radius 1 is 1.35 bits per heavy atom. The maximum absolute atomic E-state index is 10.9. The molecule has 0 radical (unpaired) electrons. The van der Waals surface area contributed by atoms with Gasteiger partial charge in [0, 0.05) is 6.61 Å². The molecule has 4 nitrogen and oxygen atoms in total. The van der Waals surface area contributed by atoms with E-state index in [1.165, 1.54) is 14.2 Å². The molecule has 17 heavy (non-hydrogen) atoms. The lowest BCUT2D eigenvalue weighted by atomic mass is 10.0. The number of carbonyl (C=O) groups excluding carboxylic acids is 1. The molecule has 1 aromatic carbocycles. The molecule has 0 bridgehead atoms. The largest absolute Gasteiger partial charge is 0.493 e. The summed E-state index contributed by atoms with van der Waals surface area (Å²) in [6.07, 6.45) is 1.84. The van der Waals surface area contributed by atoms with Gasteiger partial charge in [-0.3, -0.25) is 4.79 Å². The van der Waals surface area contributed by atoms with E-state index in [9.17, 15) is 4.79 Å². The first-order valence-electron chi connectivity index (χ1n) is 5.19. The van der Waals surface area contributed by atoms with Gasteiger partial charge in [-0.2, -0.15) is 0 Å². The highest BCUT2D eigenvalue weighted by Gasteiger charge is 2.18. The van der Waals surface area contributed by atoms with Crippen LogP contribution in [0.25, 0.3) is 0 Å². The van der Waals surface area contributed by atoms with Crippen molar-refractivity contribution < 1.29 is 19.4 Å². The van der Waals surface area contributed by atoms with Crippen LogP contribution in [0.1, 0.15) is 22.3 Å². The number of halogens is 1. The van der Waals surface area contributed by atoms with Crippen LogP contribution in [-0.2, 0) is 6.42 Å². The molecule has 0 amide bonds. The average Bonchev–Trinajstić information content (AvgIpc) is 2.35. The normalized spacial score (nSPS) is 10.1. The van der Waals surface area contributed by atoms with Gasteiger partial charge >= 0.3 is 0 Å². The molecule has 0 spiro atoms. The first-order chi connectivity index (χ1) is 8.19. The van der Waals surface area contributed by atoms with Crippen molar-refractivity contribution in [1.29, 1.82) is 0 Å². The minimum Gasteiger partial charge on any atom is -0.493 e. The topological polar surface area (TPSA) is 55.8 Å². The fraction of sp³-hybridized carbons (Fsp3) is 0.417. The minimum absolute atomic E-state index is 0.0819. The fourth-order valence-electron chi connectivity index (χ4n) is 1.66. The zero-order valence-electron chi connectivity index (χ0n) is 9.83. The number of aliphatic hydroxyl groups is 1. The molecule has 1 rings (SSSR count). The summed E-state index contributed by atoms with van der Waals surface area (Å²) in [4.78, 5) is 10.9. The summed E-state index contributed by atoms with van der Waals surface area (Å²) < 4.78 is 10.4. The lowest BCUT2D eigenvalue weighted by Crippen LogP contribution is -2.01. The van der Waals surface area contributed by atoms with E-state index in [4.69, 9.17) is 26.2 Å². The summed E-state index contributed by atoms with van der Waals surface area (Å²) >= 11 is 5.99. The monoisotopic (exact) mass is 258 g/mol. The van der Waals surface area contributed by atoms with Crippen LogP contribution in [0.3, 0.4) is 0 Å². The van der Waals surface area contributed by atoms with Gasteiger partial charge in [0.15, 0.2) is 17.8 Å². The van der Waals surface area contributed by atoms with Crippen molar-refractivity contribution in [2.24, 2.45) is 0 Å². The van der Waals surface area contributed by atoms with Gasteiger partial charge < -0.3 is 14.6 Å². The number of aryl methyl sites for hydroxylation is 1. The van der Waals surface area contributed by atoms with Gasteiger partial charge in [-0.05, 0) is 24.5 Å². The third kappa shape index (κ3) is 2.90. The van der Waals surface area contributed by atoms with E-state index in [1.54, 1.807) is 6.07 Å². The minimum atomic E-state index is 0.0819. The van der Waals surface area contributed by atoms with Crippen molar-refractivity contribution in [2.75, 3.05) is 20.8 Å². The van der Waals surface area contributed by atoms with Gasteiger partial charge in [-0.15, -0.1) is 0 Å². The highest BCUT2D eigenvalue weighted by Crippen LogP contribution is 2.38. The van der Waals surface area contributed by atoms with Crippen molar-refractivity contribution in [3.8, 4) is 11.5 Å². The molecular weight excluding hydrogens is 244 g/mol. The van der Waals surface area contributed by atoms with Gasteiger partial charge in [0.05, 0.1) is 24.8 Å². The molecule has 0 aliphatic rings. The van der Waals surface area contributed by atoms with Gasteiger partial charge in [0.1, 0.15) is 0 Å². The average molecular weight is 259 g/mol. The highest BCUT2D eigenvalue weighted by atomic mass is 35.5. The third-order valence-electron chi connectivity index (χ3n) is 2.43. The van der Waals surface area contributed by atoms with E-state index in [2.05, 4.69) is 0 Å². The summed E-state index contributed by atoms with van der Waals surface area (Å²) in [5, 5.41) is 9.15. The van der Waals surface area contributed by atoms with Crippen LogP contribution in [0.2, 0.25) is 5.02 Å². The summed E-state index contributed by atoms with van der Waals surface area (Å²) in [6, 6.07) is 1.67. The molecule has 0 aromatic heterocycles. The Morgan fingerprint density at radius 3 is 2.47 bits per heavy atom. The first kappa shape index (κ1) is 13.8. The number of aliphatic hydroxyl groups excluding tert-OH is 1. The summed E-state index contributed by atoms with van der Waals surface area (Å²) in [5.74, 6) is 0.829. The molecule has 0 unspecified atom stereocenters. The van der Waals surface area contributed by atoms with E-state index < -0.39 is 0 Å². The van der Waals surface area contributed by atoms with Crippen LogP contribution in [-0.4, -0.2) is 32.2 Å². The van der Waals surface area contributed by atoms with E-state index in [1.807, 2.05) is 0 Å². The van der Waals surface area contributed by atoms with Crippen LogP contribution < -0.4 is 9.47 Å². The number of hydrogen-bond donors (Lipinski definition) is 1. The van der Waals surface area contributed by atoms with Crippen LogP contribution in [0.5, 0.6) is 11.5 Å². The molecular formula is C12H15ClO4. The van der Waals surface area contributed by atoms with E-state index in [0.717, 1.165) is 5.56 Å². The summed E-state index contributed by atoms with van der Waals surface area (Å²) in [7, 11) is 2.96. The Bertz CT molecular complexity index is 404. The Morgan fingerprint density at radius 2 is 2.00 bits per heavy atom. The molecule has 0 atom stereocenters. The maximum Gasteiger partial charge on any atom is 0.173 e. The number of ether oxygens (including phenoxy) is 2. The van der Waals surface area contributed by atoms with E-state index in [-0.39, 0.29) is 12.2 Å². The second kappa shape index (κ2) is 6.47. The second-order valence-corrected chi connectivity index (χ2v) is 3.85. The number of aldehydes is 1. The Hall–Kier alpha value is -1.26. The zero-order chi connectivity index (χ0) is 12.8. The Kier molecular flexibility index (Phi) is 5.25. The quantitative estimate of drug-likeness (QED) is 0.794. The van der Waals surface area contributed by atoms with Gasteiger partial charge in [0.2, 0.25) is 0 Å². The molecule has 0 fully saturated rings. The fourth-order valence-corrected chi connectivity index (χ4v) is 1.93. The second-order valence-electron chi connectivity index (χ2n) is 3.44. The van der Waals surface area contributed by atoms with E-state index in [0.29, 0.717) is 35.6 Å². The highest BCUT2D eigenvalue weighted by molar-refractivity contribution is 6.33. The summed E-state index contributed by atoms with van der Waals surface area (Å²) in [5.41, 5.74) is 1.09. The van der Waals surface area contributed by atoms with Crippen LogP contribution in [0.15, 0.2) is 6.07 Å². The first-order valence-corrected chi connectivity index (χ1v) is 5.56. The lowest BCUT2D eigenvalue weighted by molar-refractivity contribution is 0.112. The van der Waals surface area contributed by atoms with E-state index >= 15 is 0 Å². The Balaban J connectivity index is 3.31. The molecule has 0 aliphatic heterocycles. The number of carbonyl (C=O) groups is 1. The summed E-state index contributed by atoms with van der Waals surface area (Å²) in [6.45, 7) is 0.0819.